The van der Waals surface area contributed by atoms with Gasteiger partial charge in [-0.25, -0.2) is 4.98 Å². The molecule has 2 aromatic rings. The SMILES string of the molecule is O=C(Nc1nccnn1)c1ccc(Br)c(C(F)(F)F)c1. The molecule has 1 aromatic heterocycles. The van der Waals surface area contributed by atoms with Gasteiger partial charge in [-0.05, 0) is 18.2 Å². The molecule has 0 saturated heterocycles. The van der Waals surface area contributed by atoms with Gasteiger partial charge in [0.15, 0.2) is 0 Å². The molecule has 0 aliphatic rings. The van der Waals surface area contributed by atoms with E-state index in [0.717, 1.165) is 12.1 Å². The summed E-state index contributed by atoms with van der Waals surface area (Å²) < 4.78 is 38.0. The van der Waals surface area contributed by atoms with E-state index in [2.05, 4.69) is 36.4 Å². The summed E-state index contributed by atoms with van der Waals surface area (Å²) in [6, 6.07) is 3.16. The van der Waals surface area contributed by atoms with Crippen LogP contribution in [0.1, 0.15) is 15.9 Å². The summed E-state index contributed by atoms with van der Waals surface area (Å²) in [4.78, 5) is 15.5. The van der Waals surface area contributed by atoms with Crippen molar-refractivity contribution in [3.63, 3.8) is 0 Å². The summed E-state index contributed by atoms with van der Waals surface area (Å²) in [7, 11) is 0. The van der Waals surface area contributed by atoms with Crippen LogP contribution < -0.4 is 5.32 Å². The highest BCUT2D eigenvalue weighted by Crippen LogP contribution is 2.35. The Balaban J connectivity index is 2.27. The van der Waals surface area contributed by atoms with Crippen LogP contribution in [0, 0.1) is 0 Å². The Kier molecular flexibility index (Phi) is 3.98. The van der Waals surface area contributed by atoms with E-state index in [1.807, 2.05) is 0 Å². The third-order valence-corrected chi connectivity index (χ3v) is 2.93. The van der Waals surface area contributed by atoms with Crippen molar-refractivity contribution in [3.8, 4) is 0 Å². The Morgan fingerprint density at radius 2 is 2.00 bits per heavy atom. The number of aromatic nitrogens is 3. The third kappa shape index (κ3) is 3.29. The Labute approximate surface area is 119 Å². The van der Waals surface area contributed by atoms with Crippen molar-refractivity contribution >= 4 is 27.8 Å². The lowest BCUT2D eigenvalue weighted by Crippen LogP contribution is -2.16. The fourth-order valence-electron chi connectivity index (χ4n) is 1.36. The number of nitrogens with zero attached hydrogens (tertiary/aromatic N) is 3. The Morgan fingerprint density at radius 1 is 1.25 bits per heavy atom. The molecule has 0 radical (unpaired) electrons. The van der Waals surface area contributed by atoms with Crippen molar-refractivity contribution in [1.29, 1.82) is 0 Å². The van der Waals surface area contributed by atoms with Crippen LogP contribution in [0.2, 0.25) is 0 Å². The first kappa shape index (κ1) is 14.4. The first-order valence-corrected chi connectivity index (χ1v) is 5.99. The molecule has 104 valence electrons. The van der Waals surface area contributed by atoms with E-state index < -0.39 is 17.6 Å². The average Bonchev–Trinajstić information content (AvgIpc) is 2.39. The molecule has 0 aliphatic carbocycles. The topological polar surface area (TPSA) is 67.8 Å². The van der Waals surface area contributed by atoms with Crippen LogP contribution in [0.4, 0.5) is 19.1 Å². The number of hydrogen-bond acceptors (Lipinski definition) is 4. The lowest BCUT2D eigenvalue weighted by Gasteiger charge is -2.10. The Bertz CT molecular complexity index is 633. The number of benzene rings is 1. The quantitative estimate of drug-likeness (QED) is 0.907. The molecule has 5 nitrogen and oxygen atoms in total. The van der Waals surface area contributed by atoms with Gasteiger partial charge in [0.2, 0.25) is 5.95 Å². The molecule has 1 aromatic carbocycles. The van der Waals surface area contributed by atoms with Crippen molar-refractivity contribution in [3.05, 3.63) is 46.2 Å². The number of nitrogens with one attached hydrogen (secondary N) is 1. The van der Waals surface area contributed by atoms with Gasteiger partial charge in [0.25, 0.3) is 5.91 Å². The van der Waals surface area contributed by atoms with Crippen molar-refractivity contribution in [2.75, 3.05) is 5.32 Å². The maximum atomic E-state index is 12.7. The van der Waals surface area contributed by atoms with Gasteiger partial charge in [0.05, 0.1) is 18.0 Å². The van der Waals surface area contributed by atoms with E-state index in [-0.39, 0.29) is 16.0 Å². The minimum Gasteiger partial charge on any atom is -0.289 e. The molecule has 1 N–H and O–H groups in total. The second-order valence-electron chi connectivity index (χ2n) is 3.61. The number of alkyl halides is 3. The van der Waals surface area contributed by atoms with Crippen LogP contribution in [-0.4, -0.2) is 21.1 Å². The molecule has 0 fully saturated rings. The summed E-state index contributed by atoms with van der Waals surface area (Å²) in [5, 5.41) is 9.25. The van der Waals surface area contributed by atoms with Gasteiger partial charge in [-0.3, -0.25) is 10.1 Å². The molecule has 2 rings (SSSR count). The van der Waals surface area contributed by atoms with E-state index >= 15 is 0 Å². The van der Waals surface area contributed by atoms with Gasteiger partial charge >= 0.3 is 6.18 Å². The molecule has 1 amide bonds. The van der Waals surface area contributed by atoms with Crippen molar-refractivity contribution in [2.45, 2.75) is 6.18 Å². The van der Waals surface area contributed by atoms with E-state index in [1.165, 1.54) is 18.5 Å². The number of rotatable bonds is 2. The van der Waals surface area contributed by atoms with Crippen LogP contribution in [0.25, 0.3) is 0 Å². The van der Waals surface area contributed by atoms with Crippen molar-refractivity contribution < 1.29 is 18.0 Å². The minimum atomic E-state index is -4.56. The lowest BCUT2D eigenvalue weighted by atomic mass is 10.1. The number of carbonyl (C=O) groups is 1. The van der Waals surface area contributed by atoms with Crippen LogP contribution in [0.15, 0.2) is 35.1 Å². The van der Waals surface area contributed by atoms with Gasteiger partial charge in [-0.2, -0.15) is 18.3 Å². The molecular weight excluding hydrogens is 341 g/mol. The predicted molar refractivity (Wildman–Crippen MR) is 66.9 cm³/mol. The summed E-state index contributed by atoms with van der Waals surface area (Å²) in [5.41, 5.74) is -1.09. The first-order valence-electron chi connectivity index (χ1n) is 5.20. The second-order valence-corrected chi connectivity index (χ2v) is 4.47. The van der Waals surface area contributed by atoms with E-state index in [0.29, 0.717) is 0 Å². The zero-order valence-electron chi connectivity index (χ0n) is 9.65. The smallest absolute Gasteiger partial charge is 0.289 e. The molecule has 0 saturated carbocycles. The Morgan fingerprint density at radius 3 is 2.60 bits per heavy atom. The molecule has 0 aliphatic heterocycles. The highest BCUT2D eigenvalue weighted by atomic mass is 79.9. The highest BCUT2D eigenvalue weighted by Gasteiger charge is 2.33. The van der Waals surface area contributed by atoms with Crippen molar-refractivity contribution in [2.24, 2.45) is 0 Å². The van der Waals surface area contributed by atoms with Crippen molar-refractivity contribution in [1.82, 2.24) is 15.2 Å². The van der Waals surface area contributed by atoms with Gasteiger partial charge < -0.3 is 0 Å². The minimum absolute atomic E-state index is 0.0889. The molecular formula is C11H6BrF3N4O. The van der Waals surface area contributed by atoms with Gasteiger partial charge in [0, 0.05) is 10.0 Å². The van der Waals surface area contributed by atoms with E-state index in [4.69, 9.17) is 0 Å². The largest absolute Gasteiger partial charge is 0.417 e. The van der Waals surface area contributed by atoms with Crippen LogP contribution in [0.5, 0.6) is 0 Å². The number of hydrogen-bond donors (Lipinski definition) is 1. The number of halogens is 4. The van der Waals surface area contributed by atoms with Crippen LogP contribution >= 0.6 is 15.9 Å². The summed E-state index contributed by atoms with van der Waals surface area (Å²) >= 11 is 2.80. The second kappa shape index (κ2) is 5.53. The Hall–Kier alpha value is -2.03. The zero-order valence-corrected chi connectivity index (χ0v) is 11.2. The van der Waals surface area contributed by atoms with E-state index in [1.54, 1.807) is 0 Å². The molecule has 9 heteroatoms. The lowest BCUT2D eigenvalue weighted by molar-refractivity contribution is -0.138. The van der Waals surface area contributed by atoms with E-state index in [9.17, 15) is 18.0 Å². The van der Waals surface area contributed by atoms with Crippen LogP contribution in [0.3, 0.4) is 0 Å². The molecule has 0 spiro atoms. The number of amides is 1. The first-order chi connectivity index (χ1) is 9.38. The number of anilines is 1. The summed E-state index contributed by atoms with van der Waals surface area (Å²) in [5.74, 6) is -0.843. The van der Waals surface area contributed by atoms with Gasteiger partial charge in [-0.15, -0.1) is 5.10 Å². The standard InChI is InChI=1S/C11H6BrF3N4O/c12-8-2-1-6(5-7(8)11(13,14)15)9(20)18-10-16-3-4-17-19-10/h1-5H,(H,16,18,19,20). The fourth-order valence-corrected chi connectivity index (χ4v) is 1.83. The fraction of sp³-hybridized carbons (Fsp3) is 0.0909. The summed E-state index contributed by atoms with van der Waals surface area (Å²) in [6.45, 7) is 0. The summed E-state index contributed by atoms with van der Waals surface area (Å²) in [6.07, 6.45) is -1.96. The molecule has 0 atom stereocenters. The third-order valence-electron chi connectivity index (χ3n) is 2.24. The van der Waals surface area contributed by atoms with Gasteiger partial charge in [-0.1, -0.05) is 15.9 Å². The monoisotopic (exact) mass is 346 g/mol. The van der Waals surface area contributed by atoms with Crippen LogP contribution in [-0.2, 0) is 6.18 Å². The molecule has 0 bridgehead atoms. The number of carbonyl (C=O) groups excluding carboxylic acids is 1. The molecule has 0 unspecified atom stereocenters. The molecule has 1 heterocycles. The zero-order chi connectivity index (χ0) is 14.8. The highest BCUT2D eigenvalue weighted by molar-refractivity contribution is 9.10. The maximum Gasteiger partial charge on any atom is 0.417 e. The normalized spacial score (nSPS) is 11.2. The molecule has 20 heavy (non-hydrogen) atoms. The average molecular weight is 347 g/mol. The van der Waals surface area contributed by atoms with Gasteiger partial charge in [0.1, 0.15) is 0 Å². The maximum absolute atomic E-state index is 12.7. The predicted octanol–water partition coefficient (Wildman–Crippen LogP) is 2.91.